The summed E-state index contributed by atoms with van der Waals surface area (Å²) in [5.74, 6) is 0. The molecule has 0 amide bonds. The van der Waals surface area contributed by atoms with E-state index in [1.165, 1.54) is 0 Å². The molecule has 162 valence electrons. The molecule has 0 fully saturated rings. The van der Waals surface area contributed by atoms with E-state index < -0.39 is 11.7 Å². The van der Waals surface area contributed by atoms with Gasteiger partial charge < -0.3 is 14.6 Å². The van der Waals surface area contributed by atoms with Crippen LogP contribution in [0.2, 0.25) is 0 Å². The standard InChI is InChI=1S/C29H28O3/c30-28(22-31-21-24-13-5-1-6-14-24)23-32-29(25-15-7-2-8-16-25,26-17-9-3-10-18-26)27-19-11-4-12-20-27/h1-20,28,30H,21-23H2/t28-/m1/s1. The maximum absolute atomic E-state index is 10.7. The molecule has 0 unspecified atom stereocenters. The minimum absolute atomic E-state index is 0.132. The molecule has 1 atom stereocenters. The van der Waals surface area contributed by atoms with Gasteiger partial charge in [0.1, 0.15) is 11.7 Å². The van der Waals surface area contributed by atoms with E-state index >= 15 is 0 Å². The largest absolute Gasteiger partial charge is 0.388 e. The fourth-order valence-corrected chi connectivity index (χ4v) is 3.92. The summed E-state index contributed by atoms with van der Waals surface area (Å²) in [4.78, 5) is 0. The molecule has 4 aromatic carbocycles. The lowest BCUT2D eigenvalue weighted by atomic mass is 9.80. The Morgan fingerprint density at radius 1 is 0.562 bits per heavy atom. The molecule has 0 aliphatic heterocycles. The second kappa shape index (κ2) is 10.9. The molecule has 0 saturated heterocycles. The lowest BCUT2D eigenvalue weighted by Crippen LogP contribution is -2.36. The van der Waals surface area contributed by atoms with Crippen molar-refractivity contribution in [3.05, 3.63) is 144 Å². The van der Waals surface area contributed by atoms with Crippen LogP contribution in [0, 0.1) is 0 Å². The van der Waals surface area contributed by atoms with E-state index in [0.29, 0.717) is 6.61 Å². The van der Waals surface area contributed by atoms with Crippen LogP contribution < -0.4 is 0 Å². The Morgan fingerprint density at radius 2 is 0.969 bits per heavy atom. The normalized spacial score (nSPS) is 12.4. The van der Waals surface area contributed by atoms with E-state index in [1.807, 2.05) is 84.9 Å². The predicted octanol–water partition coefficient (Wildman–Crippen LogP) is 5.57. The fraction of sp³-hybridized carbons (Fsp3) is 0.172. The maximum Gasteiger partial charge on any atom is 0.143 e. The highest BCUT2D eigenvalue weighted by molar-refractivity contribution is 5.47. The Hall–Kier alpha value is -3.24. The molecular formula is C29H28O3. The van der Waals surface area contributed by atoms with Crippen molar-refractivity contribution in [3.8, 4) is 0 Å². The minimum atomic E-state index is -0.843. The molecular weight excluding hydrogens is 396 g/mol. The Labute approximate surface area is 189 Å². The van der Waals surface area contributed by atoms with Gasteiger partial charge in [-0.2, -0.15) is 0 Å². The number of rotatable bonds is 10. The molecule has 0 aromatic heterocycles. The Kier molecular flexibility index (Phi) is 7.47. The molecule has 0 aliphatic carbocycles. The summed E-state index contributed by atoms with van der Waals surface area (Å²) in [6, 6.07) is 40.4. The maximum atomic E-state index is 10.7. The third-order valence-corrected chi connectivity index (χ3v) is 5.45. The van der Waals surface area contributed by atoms with Crippen molar-refractivity contribution < 1.29 is 14.6 Å². The first-order valence-electron chi connectivity index (χ1n) is 10.9. The number of aliphatic hydroxyl groups excluding tert-OH is 1. The lowest BCUT2D eigenvalue weighted by molar-refractivity contribution is -0.0662. The van der Waals surface area contributed by atoms with Gasteiger partial charge in [-0.3, -0.25) is 0 Å². The van der Waals surface area contributed by atoms with E-state index in [4.69, 9.17) is 9.47 Å². The van der Waals surface area contributed by atoms with E-state index in [2.05, 4.69) is 36.4 Å². The third-order valence-electron chi connectivity index (χ3n) is 5.45. The molecule has 0 aliphatic rings. The summed E-state index contributed by atoms with van der Waals surface area (Å²) in [6.07, 6.45) is -0.755. The fourth-order valence-electron chi connectivity index (χ4n) is 3.92. The SMILES string of the molecule is O[C@H](COCc1ccccc1)COC(c1ccccc1)(c1ccccc1)c1ccccc1. The van der Waals surface area contributed by atoms with Gasteiger partial charge in [-0.25, -0.2) is 0 Å². The molecule has 0 saturated carbocycles. The van der Waals surface area contributed by atoms with E-state index in [9.17, 15) is 5.11 Å². The van der Waals surface area contributed by atoms with Crippen molar-refractivity contribution in [2.24, 2.45) is 0 Å². The zero-order valence-electron chi connectivity index (χ0n) is 18.0. The summed E-state index contributed by atoms with van der Waals surface area (Å²) in [6.45, 7) is 0.788. The van der Waals surface area contributed by atoms with Gasteiger partial charge in [-0.1, -0.05) is 121 Å². The first-order chi connectivity index (χ1) is 15.8. The van der Waals surface area contributed by atoms with Gasteiger partial charge in [0.05, 0.1) is 19.8 Å². The molecule has 0 heterocycles. The predicted molar refractivity (Wildman–Crippen MR) is 127 cm³/mol. The summed E-state index contributed by atoms with van der Waals surface area (Å²) in [5, 5.41) is 10.7. The molecule has 3 nitrogen and oxygen atoms in total. The first-order valence-corrected chi connectivity index (χ1v) is 10.9. The molecule has 0 radical (unpaired) electrons. The van der Waals surface area contributed by atoms with Gasteiger partial charge in [0, 0.05) is 0 Å². The van der Waals surface area contributed by atoms with E-state index in [-0.39, 0.29) is 13.2 Å². The Morgan fingerprint density at radius 3 is 1.41 bits per heavy atom. The molecule has 0 spiro atoms. The highest BCUT2D eigenvalue weighted by Crippen LogP contribution is 2.40. The van der Waals surface area contributed by atoms with Crippen molar-refractivity contribution in [2.75, 3.05) is 13.2 Å². The van der Waals surface area contributed by atoms with Crippen LogP contribution in [0.1, 0.15) is 22.3 Å². The molecule has 4 rings (SSSR count). The quantitative estimate of drug-likeness (QED) is 0.338. The smallest absolute Gasteiger partial charge is 0.143 e. The van der Waals surface area contributed by atoms with Crippen LogP contribution in [0.5, 0.6) is 0 Å². The average Bonchev–Trinajstić information content (AvgIpc) is 2.87. The number of hydrogen-bond donors (Lipinski definition) is 1. The number of ether oxygens (including phenoxy) is 2. The van der Waals surface area contributed by atoms with E-state index in [0.717, 1.165) is 22.3 Å². The van der Waals surface area contributed by atoms with Gasteiger partial charge in [-0.15, -0.1) is 0 Å². The van der Waals surface area contributed by atoms with Gasteiger partial charge in [0.25, 0.3) is 0 Å². The zero-order valence-corrected chi connectivity index (χ0v) is 18.0. The van der Waals surface area contributed by atoms with Crippen LogP contribution in [-0.4, -0.2) is 24.4 Å². The van der Waals surface area contributed by atoms with E-state index in [1.54, 1.807) is 0 Å². The first kappa shape index (κ1) is 22.0. The lowest BCUT2D eigenvalue weighted by Gasteiger charge is -2.36. The molecule has 4 aromatic rings. The molecule has 32 heavy (non-hydrogen) atoms. The number of aliphatic hydroxyl groups is 1. The van der Waals surface area contributed by atoms with Gasteiger partial charge in [0.2, 0.25) is 0 Å². The van der Waals surface area contributed by atoms with Crippen LogP contribution in [0.3, 0.4) is 0 Å². The highest BCUT2D eigenvalue weighted by Gasteiger charge is 2.37. The summed E-state index contributed by atoms with van der Waals surface area (Å²) < 4.78 is 12.4. The van der Waals surface area contributed by atoms with Crippen LogP contribution in [-0.2, 0) is 21.7 Å². The van der Waals surface area contributed by atoms with Crippen molar-refractivity contribution >= 4 is 0 Å². The average molecular weight is 425 g/mol. The van der Waals surface area contributed by atoms with Crippen molar-refractivity contribution in [3.63, 3.8) is 0 Å². The molecule has 3 heteroatoms. The Bertz CT molecular complexity index is 954. The van der Waals surface area contributed by atoms with Crippen LogP contribution >= 0.6 is 0 Å². The number of hydrogen-bond acceptors (Lipinski definition) is 3. The van der Waals surface area contributed by atoms with Crippen LogP contribution in [0.4, 0.5) is 0 Å². The summed E-state index contributed by atoms with van der Waals surface area (Å²) >= 11 is 0. The monoisotopic (exact) mass is 424 g/mol. The molecule has 1 N–H and O–H groups in total. The number of benzene rings is 4. The van der Waals surface area contributed by atoms with Crippen LogP contribution in [0.25, 0.3) is 0 Å². The van der Waals surface area contributed by atoms with Gasteiger partial charge in [-0.05, 0) is 22.3 Å². The van der Waals surface area contributed by atoms with Crippen molar-refractivity contribution in [1.82, 2.24) is 0 Å². The second-order valence-corrected chi connectivity index (χ2v) is 7.74. The second-order valence-electron chi connectivity index (χ2n) is 7.74. The van der Waals surface area contributed by atoms with Gasteiger partial charge >= 0.3 is 0 Å². The molecule has 0 bridgehead atoms. The van der Waals surface area contributed by atoms with Crippen LogP contribution in [0.15, 0.2) is 121 Å². The Balaban J connectivity index is 1.58. The highest BCUT2D eigenvalue weighted by atomic mass is 16.5. The third kappa shape index (κ3) is 5.14. The topological polar surface area (TPSA) is 38.7 Å². The minimum Gasteiger partial charge on any atom is -0.388 e. The van der Waals surface area contributed by atoms with Gasteiger partial charge in [0.15, 0.2) is 0 Å². The zero-order chi connectivity index (χ0) is 22.1. The summed E-state index contributed by atoms with van der Waals surface area (Å²) in [7, 11) is 0. The summed E-state index contributed by atoms with van der Waals surface area (Å²) in [5.41, 5.74) is 3.26. The van der Waals surface area contributed by atoms with Crippen molar-refractivity contribution in [1.29, 1.82) is 0 Å². The van der Waals surface area contributed by atoms with Crippen molar-refractivity contribution in [2.45, 2.75) is 18.3 Å².